The van der Waals surface area contributed by atoms with Gasteiger partial charge in [-0.25, -0.2) is 0 Å². The fraction of sp³-hybridized carbons (Fsp3) is 0. The molecule has 5 heterocycles. The molecule has 6 N–H and O–H groups in total. The van der Waals surface area contributed by atoms with Crippen LogP contribution in [0.4, 0.5) is 46.5 Å². The average Bonchev–Trinajstić information content (AvgIpc) is 3.73. The van der Waals surface area contributed by atoms with Gasteiger partial charge < -0.3 is 41.2 Å². The maximum atomic E-state index is 5.04. The van der Waals surface area contributed by atoms with Crippen LogP contribution in [-0.4, -0.2) is 33.0 Å². The summed E-state index contributed by atoms with van der Waals surface area (Å²) in [5.41, 5.74) is 0. The molecule has 0 spiro atoms. The van der Waals surface area contributed by atoms with Crippen LogP contribution in [0.3, 0.4) is 0 Å². The first kappa shape index (κ1) is 23.9. The Bertz CT molecular complexity index is 1780. The molecule has 0 saturated carbocycles. The van der Waals surface area contributed by atoms with E-state index in [2.05, 4.69) is 79.8 Å². The molecule has 0 atom stereocenters. The zero-order valence-electron chi connectivity index (χ0n) is 21.8. The third kappa shape index (κ3) is 3.59. The van der Waals surface area contributed by atoms with E-state index in [-0.39, 0.29) is 23.1 Å². The minimum Gasteiger partial charge on any atom is -0.400 e. The van der Waals surface area contributed by atoms with E-state index in [0.717, 1.165) is 89.6 Å². The van der Waals surface area contributed by atoms with Gasteiger partial charge in [0.1, 0.15) is 0 Å². The number of fused-ring (bicyclic) bond motifs is 20. The molecule has 8 bridgehead atoms. The Morgan fingerprint density at radius 3 is 0.780 bits per heavy atom. The number of nitrogens with zero attached hydrogens (tertiary/aromatic N) is 2. The monoisotopic (exact) mass is 542 g/mol. The minimum absolute atomic E-state index is 0. The summed E-state index contributed by atoms with van der Waals surface area (Å²) >= 11 is 0. The molecule has 0 amide bonds. The van der Waals surface area contributed by atoms with Gasteiger partial charge in [0.2, 0.25) is 0 Å². The van der Waals surface area contributed by atoms with Crippen molar-refractivity contribution in [1.29, 1.82) is 0 Å². The Hall–Kier alpha value is -4.99. The van der Waals surface area contributed by atoms with E-state index < -0.39 is 0 Å². The second kappa shape index (κ2) is 9.02. The molecule has 8 aromatic rings. The molecule has 4 aromatic heterocycles. The number of rotatable bonds is 0. The first-order valence-corrected chi connectivity index (χ1v) is 13.2. The first-order valence-electron chi connectivity index (χ1n) is 13.2. The van der Waals surface area contributed by atoms with E-state index in [4.69, 9.17) is 9.97 Å². The molecule has 0 aliphatic carbocycles. The van der Waals surface area contributed by atoms with Crippen molar-refractivity contribution in [2.45, 2.75) is 0 Å². The third-order valence-electron chi connectivity index (χ3n) is 7.73. The number of nitrogens with one attached hydrogen (secondary N) is 6. The van der Waals surface area contributed by atoms with Crippen molar-refractivity contribution in [2.24, 2.45) is 0 Å². The van der Waals surface area contributed by atoms with Crippen LogP contribution in [-0.2, 0) is 0 Å². The number of aromatic amines is 2. The zero-order valence-corrected chi connectivity index (χ0v) is 23.3. The zero-order chi connectivity index (χ0) is 26.2. The number of aromatic nitrogens is 4. The van der Waals surface area contributed by atoms with Crippen molar-refractivity contribution in [3.8, 4) is 0 Å². The number of benzene rings is 4. The summed E-state index contributed by atoms with van der Waals surface area (Å²) in [5.74, 6) is 6.55. The quantitative estimate of drug-likeness (QED) is 0.109. The van der Waals surface area contributed by atoms with Crippen LogP contribution < -0.4 is 31.2 Å². The maximum absolute atomic E-state index is 5.04. The Balaban J connectivity index is 0.00000256. The fourth-order valence-corrected chi connectivity index (χ4v) is 5.86. The summed E-state index contributed by atoms with van der Waals surface area (Å²) in [6.07, 6.45) is 0. The molecule has 0 radical (unpaired) electrons. The largest absolute Gasteiger partial charge is 2.00 e. The summed E-state index contributed by atoms with van der Waals surface area (Å²) in [4.78, 5) is 17.2. The molecular formula is C32H22MgN8. The topological polar surface area (TPSA) is 108 Å². The molecule has 9 rings (SSSR count). The van der Waals surface area contributed by atoms with Gasteiger partial charge in [-0.2, -0.15) is 0 Å². The second-order valence-electron chi connectivity index (χ2n) is 10.1. The van der Waals surface area contributed by atoms with Gasteiger partial charge in [0, 0.05) is 44.8 Å². The number of hydrogen-bond donors (Lipinski definition) is 6. The van der Waals surface area contributed by atoms with Gasteiger partial charge >= 0.3 is 23.1 Å². The molecule has 192 valence electrons. The summed E-state index contributed by atoms with van der Waals surface area (Å²) in [6, 6.07) is 33.1. The minimum atomic E-state index is 0. The van der Waals surface area contributed by atoms with Gasteiger partial charge in [-0.3, -0.25) is 0 Å². The molecule has 1 aliphatic heterocycles. The van der Waals surface area contributed by atoms with Crippen LogP contribution in [0.5, 0.6) is 0 Å². The Morgan fingerprint density at radius 1 is 0.317 bits per heavy atom. The van der Waals surface area contributed by atoms with Crippen molar-refractivity contribution in [3.05, 3.63) is 97.1 Å². The summed E-state index contributed by atoms with van der Waals surface area (Å²) in [5, 5.41) is 22.8. The standard InChI is InChI=1S/C32H22N8.Mg/c1-2-10-18-17(9-1)25-33-26(18)38-28-21-13-5-6-14-22(21)30(35-28)40-32-24-16-8-7-15-23(24)31(36-32)39-29-20-12-4-3-11-19(20)27(34-29)37-25;/h1-16,33,36-40H;/q-2;+2. The van der Waals surface area contributed by atoms with E-state index in [1.165, 1.54) is 0 Å². The van der Waals surface area contributed by atoms with E-state index in [1.807, 2.05) is 48.5 Å². The maximum Gasteiger partial charge on any atom is 2.00 e. The van der Waals surface area contributed by atoms with Gasteiger partial charge in [-0.15, -0.1) is 0 Å². The average molecular weight is 543 g/mol. The Kier molecular flexibility index (Phi) is 5.25. The number of anilines is 8. The van der Waals surface area contributed by atoms with Crippen molar-refractivity contribution in [1.82, 2.24) is 19.9 Å². The van der Waals surface area contributed by atoms with Crippen LogP contribution in [0.25, 0.3) is 43.1 Å². The van der Waals surface area contributed by atoms with Crippen LogP contribution in [0.1, 0.15) is 0 Å². The summed E-state index contributed by atoms with van der Waals surface area (Å²) in [6.45, 7) is 0. The number of H-pyrrole nitrogens is 2. The molecule has 0 saturated heterocycles. The molecule has 1 aliphatic rings. The van der Waals surface area contributed by atoms with Crippen LogP contribution in [0.15, 0.2) is 97.1 Å². The van der Waals surface area contributed by atoms with Crippen LogP contribution in [0, 0.1) is 0 Å². The van der Waals surface area contributed by atoms with E-state index >= 15 is 0 Å². The van der Waals surface area contributed by atoms with Gasteiger partial charge in [0.05, 0.1) is 23.3 Å². The van der Waals surface area contributed by atoms with Crippen molar-refractivity contribution >= 4 is 113 Å². The third-order valence-corrected chi connectivity index (χ3v) is 7.73. The van der Waals surface area contributed by atoms with E-state index in [1.54, 1.807) is 0 Å². The normalized spacial score (nSPS) is 12.5. The van der Waals surface area contributed by atoms with Gasteiger partial charge in [-0.05, 0) is 21.5 Å². The number of hydrogen-bond acceptors (Lipinski definition) is 4. The van der Waals surface area contributed by atoms with E-state index in [9.17, 15) is 0 Å². The Morgan fingerprint density at radius 2 is 0.537 bits per heavy atom. The van der Waals surface area contributed by atoms with Gasteiger partial charge in [-0.1, -0.05) is 97.1 Å². The Labute approximate surface area is 250 Å². The molecular weight excluding hydrogens is 521 g/mol. The van der Waals surface area contributed by atoms with Gasteiger partial charge in [0.25, 0.3) is 0 Å². The summed E-state index contributed by atoms with van der Waals surface area (Å²) in [7, 11) is 0. The van der Waals surface area contributed by atoms with Gasteiger partial charge in [0.15, 0.2) is 0 Å². The molecule has 0 unspecified atom stereocenters. The molecule has 9 heteroatoms. The van der Waals surface area contributed by atoms with Crippen LogP contribution in [0.2, 0.25) is 0 Å². The van der Waals surface area contributed by atoms with Crippen molar-refractivity contribution in [2.75, 3.05) is 21.3 Å². The van der Waals surface area contributed by atoms with Crippen molar-refractivity contribution in [3.63, 3.8) is 0 Å². The molecule has 41 heavy (non-hydrogen) atoms. The van der Waals surface area contributed by atoms with Crippen molar-refractivity contribution < 1.29 is 0 Å². The molecule has 4 aromatic carbocycles. The first-order chi connectivity index (χ1) is 19.8. The second-order valence-corrected chi connectivity index (χ2v) is 10.1. The summed E-state index contributed by atoms with van der Waals surface area (Å²) < 4.78 is 0. The SMILES string of the molecule is [Mg+2].c1ccc2c3[n-]c(c2c1)Nc1[nH]c(c2ccccc12)Nc1[n-]c(c2ccccc12)Nc1[nH]c(c2ccccc12)N3. The van der Waals surface area contributed by atoms with Crippen LogP contribution >= 0.6 is 0 Å². The predicted molar refractivity (Wildman–Crippen MR) is 170 cm³/mol. The van der Waals surface area contributed by atoms with E-state index in [0.29, 0.717) is 0 Å². The molecule has 0 fully saturated rings. The predicted octanol–water partition coefficient (Wildman–Crippen LogP) is 7.78. The fourth-order valence-electron chi connectivity index (χ4n) is 5.86. The molecule has 8 nitrogen and oxygen atoms in total. The smallest absolute Gasteiger partial charge is 0.400 e.